The molecule has 3 aromatic rings. The number of aromatic nitrogens is 3. The van der Waals surface area contributed by atoms with Crippen molar-refractivity contribution in [2.45, 2.75) is 18.6 Å². The second-order valence-corrected chi connectivity index (χ2v) is 5.06. The zero-order valence-corrected chi connectivity index (χ0v) is 11.8. The summed E-state index contributed by atoms with van der Waals surface area (Å²) in [5.41, 5.74) is 0.495. The molecule has 0 aliphatic carbocycles. The largest absolute Gasteiger partial charge is 0.378 e. The van der Waals surface area contributed by atoms with Gasteiger partial charge in [-0.15, -0.1) is 5.10 Å². The average Bonchev–Trinajstić information content (AvgIpc) is 3.09. The van der Waals surface area contributed by atoms with Crippen LogP contribution in [0.15, 0.2) is 73.1 Å². The summed E-state index contributed by atoms with van der Waals surface area (Å²) >= 11 is 0. The van der Waals surface area contributed by atoms with Gasteiger partial charge in [-0.05, 0) is 18.1 Å². The van der Waals surface area contributed by atoms with Crippen molar-refractivity contribution < 1.29 is 5.11 Å². The zero-order chi connectivity index (χ0) is 14.7. The molecule has 1 N–H and O–H groups in total. The Labute approximate surface area is 123 Å². The summed E-state index contributed by atoms with van der Waals surface area (Å²) in [5, 5.41) is 19.4. The molecule has 0 spiro atoms. The van der Waals surface area contributed by atoms with Crippen LogP contribution < -0.4 is 0 Å². The van der Waals surface area contributed by atoms with Gasteiger partial charge in [-0.25, -0.2) is 4.68 Å². The van der Waals surface area contributed by atoms with Gasteiger partial charge >= 0.3 is 0 Å². The fourth-order valence-corrected chi connectivity index (χ4v) is 2.65. The molecule has 106 valence electrons. The topological polar surface area (TPSA) is 50.9 Å². The van der Waals surface area contributed by atoms with Gasteiger partial charge in [0.1, 0.15) is 5.60 Å². The average molecular weight is 279 g/mol. The molecule has 1 aromatic heterocycles. The number of aliphatic hydroxyl groups is 1. The Balaban J connectivity index is 2.16. The number of hydrogen-bond acceptors (Lipinski definition) is 3. The predicted molar refractivity (Wildman–Crippen MR) is 80.6 cm³/mol. The first kappa shape index (κ1) is 13.5. The van der Waals surface area contributed by atoms with Crippen LogP contribution in [0.4, 0.5) is 0 Å². The molecule has 0 fully saturated rings. The van der Waals surface area contributed by atoms with Gasteiger partial charge in [0.2, 0.25) is 0 Å². The molecule has 4 nitrogen and oxygen atoms in total. The summed E-state index contributed by atoms with van der Waals surface area (Å²) in [6.45, 7) is 1.94. The molecule has 1 atom stereocenters. The molecule has 0 aliphatic heterocycles. The van der Waals surface area contributed by atoms with E-state index < -0.39 is 5.60 Å². The van der Waals surface area contributed by atoms with Crippen LogP contribution in [-0.4, -0.2) is 20.1 Å². The lowest BCUT2D eigenvalue weighted by Crippen LogP contribution is -2.37. The lowest BCUT2D eigenvalue weighted by Gasteiger charge is -2.35. The van der Waals surface area contributed by atoms with Crippen LogP contribution in [0.5, 0.6) is 0 Å². The van der Waals surface area contributed by atoms with Gasteiger partial charge < -0.3 is 5.11 Å². The maximum absolute atomic E-state index is 11.5. The van der Waals surface area contributed by atoms with Crippen LogP contribution in [0.2, 0.25) is 0 Å². The van der Waals surface area contributed by atoms with Crippen LogP contribution in [0, 0.1) is 0 Å². The predicted octanol–water partition coefficient (Wildman–Crippen LogP) is 2.78. The number of hydrogen-bond donors (Lipinski definition) is 1. The van der Waals surface area contributed by atoms with Gasteiger partial charge in [-0.1, -0.05) is 65.9 Å². The van der Waals surface area contributed by atoms with Crippen molar-refractivity contribution in [2.24, 2.45) is 0 Å². The van der Waals surface area contributed by atoms with E-state index in [4.69, 9.17) is 0 Å². The van der Waals surface area contributed by atoms with Crippen molar-refractivity contribution in [3.63, 3.8) is 0 Å². The highest BCUT2D eigenvalue weighted by Gasteiger charge is 2.39. The monoisotopic (exact) mass is 279 g/mol. The van der Waals surface area contributed by atoms with E-state index in [1.165, 1.54) is 0 Å². The molecule has 0 saturated carbocycles. The van der Waals surface area contributed by atoms with Crippen molar-refractivity contribution in [3.05, 3.63) is 84.2 Å². The molecule has 0 bridgehead atoms. The third kappa shape index (κ3) is 2.34. The van der Waals surface area contributed by atoms with Crippen LogP contribution in [0.25, 0.3) is 0 Å². The number of nitrogens with zero attached hydrogens (tertiary/aromatic N) is 3. The minimum absolute atomic E-state index is 0.287. The van der Waals surface area contributed by atoms with E-state index in [0.717, 1.165) is 11.1 Å². The van der Waals surface area contributed by atoms with Gasteiger partial charge in [0.05, 0.1) is 12.2 Å². The van der Waals surface area contributed by atoms with Gasteiger partial charge in [-0.3, -0.25) is 0 Å². The van der Waals surface area contributed by atoms with Gasteiger partial charge in [-0.2, -0.15) is 0 Å². The Hall–Kier alpha value is -2.46. The van der Waals surface area contributed by atoms with Crippen molar-refractivity contribution in [3.8, 4) is 0 Å². The molecule has 0 amide bonds. The van der Waals surface area contributed by atoms with E-state index in [1.54, 1.807) is 17.1 Å². The summed E-state index contributed by atoms with van der Waals surface area (Å²) in [5.74, 6) is 0. The summed E-state index contributed by atoms with van der Waals surface area (Å²) < 4.78 is 1.68. The van der Waals surface area contributed by atoms with Crippen molar-refractivity contribution >= 4 is 0 Å². The molecule has 1 unspecified atom stereocenters. The SMILES string of the molecule is CC(n1ccnn1)C(O)(c1ccccc1)c1ccccc1. The fraction of sp³-hybridized carbons (Fsp3) is 0.176. The van der Waals surface area contributed by atoms with Crippen LogP contribution >= 0.6 is 0 Å². The van der Waals surface area contributed by atoms with Gasteiger partial charge in [0.25, 0.3) is 0 Å². The maximum atomic E-state index is 11.5. The zero-order valence-electron chi connectivity index (χ0n) is 11.8. The number of benzene rings is 2. The van der Waals surface area contributed by atoms with Crippen LogP contribution in [0.3, 0.4) is 0 Å². The third-order valence-corrected chi connectivity index (χ3v) is 3.87. The standard InChI is InChI=1S/C17H17N3O/c1-14(20-13-12-18-19-20)17(21,15-8-4-2-5-9-15)16-10-6-3-7-11-16/h2-14,21H,1H3. The Morgan fingerprint density at radius 2 is 1.48 bits per heavy atom. The summed E-state index contributed by atoms with van der Waals surface area (Å²) in [6, 6.07) is 19.0. The Morgan fingerprint density at radius 3 is 1.90 bits per heavy atom. The molecular formula is C17H17N3O. The van der Waals surface area contributed by atoms with Gasteiger partial charge in [0, 0.05) is 6.20 Å². The Kier molecular flexibility index (Phi) is 3.54. The fourth-order valence-electron chi connectivity index (χ4n) is 2.65. The Morgan fingerprint density at radius 1 is 0.952 bits per heavy atom. The lowest BCUT2D eigenvalue weighted by molar-refractivity contribution is 0.0240. The van der Waals surface area contributed by atoms with E-state index in [-0.39, 0.29) is 6.04 Å². The lowest BCUT2D eigenvalue weighted by atomic mass is 9.81. The highest BCUT2D eigenvalue weighted by atomic mass is 16.3. The van der Waals surface area contributed by atoms with E-state index in [0.29, 0.717) is 0 Å². The van der Waals surface area contributed by atoms with Crippen LogP contribution in [-0.2, 0) is 5.60 Å². The highest BCUT2D eigenvalue weighted by Crippen LogP contribution is 2.38. The Bertz CT molecular complexity index is 641. The first-order valence-corrected chi connectivity index (χ1v) is 6.92. The summed E-state index contributed by atoms with van der Waals surface area (Å²) in [4.78, 5) is 0. The van der Waals surface area contributed by atoms with Gasteiger partial charge in [0.15, 0.2) is 0 Å². The van der Waals surface area contributed by atoms with Crippen molar-refractivity contribution in [1.29, 1.82) is 0 Å². The summed E-state index contributed by atoms with van der Waals surface area (Å²) in [6.07, 6.45) is 3.38. The molecule has 0 aliphatic rings. The van der Waals surface area contributed by atoms with E-state index in [1.807, 2.05) is 67.6 Å². The minimum atomic E-state index is -1.17. The van der Waals surface area contributed by atoms with Crippen molar-refractivity contribution in [1.82, 2.24) is 15.0 Å². The molecule has 3 rings (SSSR count). The second-order valence-electron chi connectivity index (χ2n) is 5.06. The second kappa shape index (κ2) is 5.50. The molecule has 4 heteroatoms. The quantitative estimate of drug-likeness (QED) is 0.799. The minimum Gasteiger partial charge on any atom is -0.378 e. The first-order valence-electron chi connectivity index (χ1n) is 6.92. The molecule has 21 heavy (non-hydrogen) atoms. The molecule has 0 radical (unpaired) electrons. The van der Waals surface area contributed by atoms with E-state index in [9.17, 15) is 5.11 Å². The van der Waals surface area contributed by atoms with Crippen molar-refractivity contribution in [2.75, 3.05) is 0 Å². The molecular weight excluding hydrogens is 262 g/mol. The number of rotatable bonds is 4. The molecule has 0 saturated heterocycles. The summed E-state index contributed by atoms with van der Waals surface area (Å²) in [7, 11) is 0. The first-order chi connectivity index (χ1) is 10.2. The van der Waals surface area contributed by atoms with Crippen LogP contribution in [0.1, 0.15) is 24.1 Å². The molecule has 2 aromatic carbocycles. The maximum Gasteiger partial charge on any atom is 0.137 e. The highest BCUT2D eigenvalue weighted by molar-refractivity contribution is 5.37. The molecule has 1 heterocycles. The smallest absolute Gasteiger partial charge is 0.137 e. The normalized spacial score (nSPS) is 13.0. The third-order valence-electron chi connectivity index (χ3n) is 3.87. The van der Waals surface area contributed by atoms with E-state index in [2.05, 4.69) is 10.3 Å². The van der Waals surface area contributed by atoms with E-state index >= 15 is 0 Å².